The molecule has 2 aromatic rings. The molecule has 0 aliphatic carbocycles. The Hall–Kier alpha value is -0.980. The van der Waals surface area contributed by atoms with E-state index in [1.807, 2.05) is 0 Å². The van der Waals surface area contributed by atoms with Crippen molar-refractivity contribution in [1.29, 1.82) is 0 Å². The summed E-state index contributed by atoms with van der Waals surface area (Å²) in [4.78, 5) is 15.9. The van der Waals surface area contributed by atoms with Gasteiger partial charge < -0.3 is 5.32 Å². The quantitative estimate of drug-likeness (QED) is 0.735. The Morgan fingerprint density at radius 3 is 2.84 bits per heavy atom. The molecule has 0 spiro atoms. The van der Waals surface area contributed by atoms with Crippen LogP contribution < -0.4 is 5.32 Å². The SMILES string of the molecule is O=C(Nc1cc(Br)cnc1Cl)c1cccc(F)c1Br. The minimum atomic E-state index is -0.508. The lowest BCUT2D eigenvalue weighted by atomic mass is 10.2. The van der Waals surface area contributed by atoms with Crippen LogP contribution >= 0.6 is 43.5 Å². The van der Waals surface area contributed by atoms with Crippen molar-refractivity contribution < 1.29 is 9.18 Å². The van der Waals surface area contributed by atoms with E-state index >= 15 is 0 Å². The van der Waals surface area contributed by atoms with Crippen LogP contribution in [0, 0.1) is 5.82 Å². The fourth-order valence-electron chi connectivity index (χ4n) is 1.38. The Kier molecular flexibility index (Phi) is 4.54. The van der Waals surface area contributed by atoms with Gasteiger partial charge in [0.1, 0.15) is 5.82 Å². The van der Waals surface area contributed by atoms with Gasteiger partial charge in [-0.05, 0) is 50.1 Å². The van der Waals surface area contributed by atoms with Gasteiger partial charge in [-0.3, -0.25) is 4.79 Å². The lowest BCUT2D eigenvalue weighted by Crippen LogP contribution is -2.13. The van der Waals surface area contributed by atoms with Crippen LogP contribution in [0.3, 0.4) is 0 Å². The van der Waals surface area contributed by atoms with Gasteiger partial charge >= 0.3 is 0 Å². The summed E-state index contributed by atoms with van der Waals surface area (Å²) in [6.45, 7) is 0. The van der Waals surface area contributed by atoms with Gasteiger partial charge in [-0.2, -0.15) is 0 Å². The topological polar surface area (TPSA) is 42.0 Å². The average molecular weight is 408 g/mol. The van der Waals surface area contributed by atoms with Crippen molar-refractivity contribution in [2.45, 2.75) is 0 Å². The van der Waals surface area contributed by atoms with Crippen LogP contribution in [-0.2, 0) is 0 Å². The minimum absolute atomic E-state index is 0.103. The maximum absolute atomic E-state index is 13.3. The number of hydrogen-bond donors (Lipinski definition) is 1. The number of benzene rings is 1. The van der Waals surface area contributed by atoms with Crippen LogP contribution in [0.4, 0.5) is 10.1 Å². The van der Waals surface area contributed by atoms with E-state index in [0.717, 1.165) is 0 Å². The Morgan fingerprint density at radius 2 is 2.11 bits per heavy atom. The van der Waals surface area contributed by atoms with E-state index in [1.165, 1.54) is 24.4 Å². The van der Waals surface area contributed by atoms with Crippen LogP contribution in [-0.4, -0.2) is 10.9 Å². The lowest BCUT2D eigenvalue weighted by Gasteiger charge is -2.08. The number of hydrogen-bond acceptors (Lipinski definition) is 2. The predicted molar refractivity (Wildman–Crippen MR) is 79.0 cm³/mol. The van der Waals surface area contributed by atoms with Crippen LogP contribution in [0.25, 0.3) is 0 Å². The zero-order valence-electron chi connectivity index (χ0n) is 9.25. The Balaban J connectivity index is 2.31. The highest BCUT2D eigenvalue weighted by atomic mass is 79.9. The van der Waals surface area contributed by atoms with Gasteiger partial charge in [0.2, 0.25) is 0 Å². The number of rotatable bonds is 2. The monoisotopic (exact) mass is 406 g/mol. The molecule has 0 unspecified atom stereocenters. The van der Waals surface area contributed by atoms with Crippen molar-refractivity contribution in [3.8, 4) is 0 Å². The molecule has 0 fully saturated rings. The highest BCUT2D eigenvalue weighted by Gasteiger charge is 2.14. The van der Waals surface area contributed by atoms with E-state index in [-0.39, 0.29) is 15.2 Å². The first kappa shape index (κ1) is 14.4. The third-order valence-corrected chi connectivity index (χ3v) is 3.79. The first-order chi connectivity index (χ1) is 8.99. The summed E-state index contributed by atoms with van der Waals surface area (Å²) < 4.78 is 14.1. The van der Waals surface area contributed by atoms with E-state index in [9.17, 15) is 9.18 Å². The smallest absolute Gasteiger partial charge is 0.256 e. The summed E-state index contributed by atoms with van der Waals surface area (Å²) >= 11 is 12.1. The number of carbonyl (C=O) groups excluding carboxylic acids is 1. The second-order valence-electron chi connectivity index (χ2n) is 3.55. The molecule has 3 nitrogen and oxygen atoms in total. The summed E-state index contributed by atoms with van der Waals surface area (Å²) in [5.74, 6) is -0.987. The fourth-order valence-corrected chi connectivity index (χ4v) is 2.31. The molecule has 0 saturated carbocycles. The number of carbonyl (C=O) groups is 1. The Labute approximate surface area is 130 Å². The fraction of sp³-hybridized carbons (Fsp3) is 0. The second kappa shape index (κ2) is 5.98. The van der Waals surface area contributed by atoms with Gasteiger partial charge in [-0.1, -0.05) is 17.7 Å². The van der Waals surface area contributed by atoms with Crippen LogP contribution in [0.1, 0.15) is 10.4 Å². The van der Waals surface area contributed by atoms with Crippen molar-refractivity contribution in [3.05, 3.63) is 55.9 Å². The molecule has 0 atom stereocenters. The number of nitrogens with zero attached hydrogens (tertiary/aromatic N) is 1. The molecule has 1 heterocycles. The molecular weight excluding hydrogens is 402 g/mol. The Bertz CT molecular complexity index is 652. The van der Waals surface area contributed by atoms with Gasteiger partial charge in [-0.25, -0.2) is 9.37 Å². The molecule has 19 heavy (non-hydrogen) atoms. The van der Waals surface area contributed by atoms with Crippen molar-refractivity contribution in [2.75, 3.05) is 5.32 Å². The lowest BCUT2D eigenvalue weighted by molar-refractivity contribution is 0.102. The second-order valence-corrected chi connectivity index (χ2v) is 5.61. The number of halogens is 4. The number of anilines is 1. The minimum Gasteiger partial charge on any atom is -0.319 e. The third kappa shape index (κ3) is 3.32. The average Bonchev–Trinajstić information content (AvgIpc) is 2.37. The van der Waals surface area contributed by atoms with Crippen molar-refractivity contribution in [2.24, 2.45) is 0 Å². The maximum atomic E-state index is 13.3. The maximum Gasteiger partial charge on any atom is 0.256 e. The predicted octanol–water partition coefficient (Wildman–Crippen LogP) is 4.65. The van der Waals surface area contributed by atoms with Gasteiger partial charge in [-0.15, -0.1) is 0 Å². The van der Waals surface area contributed by atoms with Crippen LogP contribution in [0.15, 0.2) is 39.4 Å². The number of amides is 1. The molecule has 0 radical (unpaired) electrons. The molecule has 0 bridgehead atoms. The molecule has 1 aromatic heterocycles. The summed E-state index contributed by atoms with van der Waals surface area (Å²) in [6, 6.07) is 5.83. The van der Waals surface area contributed by atoms with E-state index in [0.29, 0.717) is 10.2 Å². The number of aromatic nitrogens is 1. The molecule has 2 rings (SSSR count). The van der Waals surface area contributed by atoms with Gasteiger partial charge in [0.05, 0.1) is 15.7 Å². The molecule has 1 aromatic carbocycles. The van der Waals surface area contributed by atoms with Crippen LogP contribution in [0.5, 0.6) is 0 Å². The van der Waals surface area contributed by atoms with Crippen LogP contribution in [0.2, 0.25) is 5.15 Å². The molecule has 1 amide bonds. The normalized spacial score (nSPS) is 10.3. The van der Waals surface area contributed by atoms with E-state index in [4.69, 9.17) is 11.6 Å². The first-order valence-electron chi connectivity index (χ1n) is 5.05. The first-order valence-corrected chi connectivity index (χ1v) is 7.02. The molecule has 0 aliphatic heterocycles. The van der Waals surface area contributed by atoms with Crippen molar-refractivity contribution >= 4 is 55.1 Å². The van der Waals surface area contributed by atoms with Crippen molar-refractivity contribution in [1.82, 2.24) is 4.98 Å². The molecule has 0 saturated heterocycles. The largest absolute Gasteiger partial charge is 0.319 e. The molecular formula is C12H6Br2ClFN2O. The highest BCUT2D eigenvalue weighted by Crippen LogP contribution is 2.25. The molecule has 7 heteroatoms. The van der Waals surface area contributed by atoms with Crippen molar-refractivity contribution in [3.63, 3.8) is 0 Å². The third-order valence-electron chi connectivity index (χ3n) is 2.25. The number of pyridine rings is 1. The molecule has 98 valence electrons. The summed E-state index contributed by atoms with van der Waals surface area (Å²) in [7, 11) is 0. The van der Waals surface area contributed by atoms with Gasteiger partial charge in [0.25, 0.3) is 5.91 Å². The summed E-state index contributed by atoms with van der Waals surface area (Å²) in [6.07, 6.45) is 1.51. The molecule has 0 aliphatic rings. The highest BCUT2D eigenvalue weighted by molar-refractivity contribution is 9.10. The Morgan fingerprint density at radius 1 is 1.37 bits per heavy atom. The van der Waals surface area contributed by atoms with E-state index in [1.54, 1.807) is 6.07 Å². The van der Waals surface area contributed by atoms with E-state index in [2.05, 4.69) is 42.2 Å². The van der Waals surface area contributed by atoms with Gasteiger partial charge in [0, 0.05) is 10.7 Å². The summed E-state index contributed by atoms with van der Waals surface area (Å²) in [5, 5.41) is 2.73. The zero-order valence-corrected chi connectivity index (χ0v) is 13.2. The number of nitrogens with one attached hydrogen (secondary N) is 1. The standard InChI is InChI=1S/C12H6Br2ClFN2O/c13-6-4-9(11(15)17-5-6)18-12(19)7-2-1-3-8(16)10(7)14/h1-5H,(H,18,19). The molecule has 1 N–H and O–H groups in total. The van der Waals surface area contributed by atoms with Gasteiger partial charge in [0.15, 0.2) is 5.15 Å². The zero-order chi connectivity index (χ0) is 14.0. The summed E-state index contributed by atoms with van der Waals surface area (Å²) in [5.41, 5.74) is 0.522. The van der Waals surface area contributed by atoms with E-state index < -0.39 is 11.7 Å².